The molecule has 0 saturated heterocycles. The Labute approximate surface area is 111 Å². The molecule has 0 bridgehead atoms. The lowest BCUT2D eigenvalue weighted by atomic mass is 10.4. The summed E-state index contributed by atoms with van der Waals surface area (Å²) in [6, 6.07) is 6.58. The Morgan fingerprint density at radius 1 is 1.29 bits per heavy atom. The maximum atomic E-state index is 12.1. The Kier molecular flexibility index (Phi) is 5.58. The van der Waals surface area contributed by atoms with Crippen molar-refractivity contribution in [2.45, 2.75) is 11.8 Å². The number of benzene rings is 1. The largest absolute Gasteiger partial charge is 0.380 e. The van der Waals surface area contributed by atoms with Crippen molar-refractivity contribution in [1.29, 1.82) is 0 Å². The summed E-state index contributed by atoms with van der Waals surface area (Å²) in [5.74, 6) is 0. The van der Waals surface area contributed by atoms with E-state index >= 15 is 0 Å². The highest BCUT2D eigenvalue weighted by atomic mass is 79.9. The number of sulfonamides is 1. The minimum absolute atomic E-state index is 0.291. The van der Waals surface area contributed by atoms with Crippen molar-refractivity contribution in [1.82, 2.24) is 4.31 Å². The van der Waals surface area contributed by atoms with Crippen LogP contribution >= 0.6 is 15.9 Å². The zero-order chi connectivity index (χ0) is 12.9. The van der Waals surface area contributed by atoms with Gasteiger partial charge < -0.3 is 4.74 Å². The molecule has 0 heterocycles. The Morgan fingerprint density at radius 2 is 1.88 bits per heavy atom. The number of hydrogen-bond acceptors (Lipinski definition) is 3. The highest BCUT2D eigenvalue weighted by molar-refractivity contribution is 9.10. The lowest BCUT2D eigenvalue weighted by Gasteiger charge is -2.16. The Morgan fingerprint density at radius 3 is 2.41 bits per heavy atom. The molecule has 4 nitrogen and oxygen atoms in total. The van der Waals surface area contributed by atoms with E-state index in [1.165, 1.54) is 4.31 Å². The van der Waals surface area contributed by atoms with Gasteiger partial charge in [-0.1, -0.05) is 15.9 Å². The van der Waals surface area contributed by atoms with Gasteiger partial charge in [0.15, 0.2) is 0 Å². The molecule has 6 heteroatoms. The predicted octanol–water partition coefficient (Wildman–Crippen LogP) is 2.11. The molecule has 96 valence electrons. The van der Waals surface area contributed by atoms with Crippen LogP contribution < -0.4 is 0 Å². The second-order valence-corrected chi connectivity index (χ2v) is 6.44. The third-order valence-corrected chi connectivity index (χ3v) is 4.68. The summed E-state index contributed by atoms with van der Waals surface area (Å²) < 4.78 is 31.5. The Balaban J connectivity index is 2.76. The fraction of sp³-hybridized carbons (Fsp3) is 0.455. The summed E-state index contributed by atoms with van der Waals surface area (Å²) in [4.78, 5) is 0.291. The van der Waals surface area contributed by atoms with Crippen LogP contribution in [0.4, 0.5) is 0 Å². The molecular formula is C11H16BrNO3S. The average Bonchev–Trinajstić information content (AvgIpc) is 2.29. The van der Waals surface area contributed by atoms with Gasteiger partial charge in [-0.3, -0.25) is 0 Å². The predicted molar refractivity (Wildman–Crippen MR) is 70.5 cm³/mol. The molecule has 0 unspecified atom stereocenters. The van der Waals surface area contributed by atoms with Crippen LogP contribution in [0.5, 0.6) is 0 Å². The maximum Gasteiger partial charge on any atom is 0.242 e. The number of halogens is 1. The molecule has 1 aromatic rings. The first-order valence-corrected chi connectivity index (χ1v) is 7.51. The van der Waals surface area contributed by atoms with Crippen LogP contribution in [0.2, 0.25) is 0 Å². The smallest absolute Gasteiger partial charge is 0.242 e. The van der Waals surface area contributed by atoms with Crippen molar-refractivity contribution >= 4 is 26.0 Å². The summed E-state index contributed by atoms with van der Waals surface area (Å²) >= 11 is 3.27. The summed E-state index contributed by atoms with van der Waals surface area (Å²) in [7, 11) is -1.85. The van der Waals surface area contributed by atoms with Gasteiger partial charge in [-0.2, -0.15) is 4.31 Å². The zero-order valence-electron chi connectivity index (χ0n) is 9.89. The van der Waals surface area contributed by atoms with Crippen molar-refractivity contribution < 1.29 is 13.2 Å². The summed E-state index contributed by atoms with van der Waals surface area (Å²) in [5, 5.41) is 0. The second-order valence-electron chi connectivity index (χ2n) is 3.48. The maximum absolute atomic E-state index is 12.1. The molecule has 1 rings (SSSR count). The van der Waals surface area contributed by atoms with Gasteiger partial charge in [0.2, 0.25) is 10.0 Å². The minimum Gasteiger partial charge on any atom is -0.380 e. The second kappa shape index (κ2) is 6.49. The van der Waals surface area contributed by atoms with Crippen molar-refractivity contribution in [3.05, 3.63) is 28.7 Å². The van der Waals surface area contributed by atoms with E-state index in [0.29, 0.717) is 24.7 Å². The minimum atomic E-state index is -3.40. The topological polar surface area (TPSA) is 46.6 Å². The van der Waals surface area contributed by atoms with Gasteiger partial charge in [0, 0.05) is 24.7 Å². The van der Waals surface area contributed by atoms with Crippen molar-refractivity contribution in [3.63, 3.8) is 0 Å². The molecule has 1 aromatic carbocycles. The average molecular weight is 322 g/mol. The van der Waals surface area contributed by atoms with Crippen LogP contribution in [0, 0.1) is 0 Å². The number of hydrogen-bond donors (Lipinski definition) is 0. The van der Waals surface area contributed by atoms with Crippen molar-refractivity contribution in [2.24, 2.45) is 0 Å². The van der Waals surface area contributed by atoms with Gasteiger partial charge in [0.25, 0.3) is 0 Å². The van der Waals surface area contributed by atoms with Gasteiger partial charge >= 0.3 is 0 Å². The molecule has 0 amide bonds. The SMILES string of the molecule is CCOCCN(C)S(=O)(=O)c1ccc(Br)cc1. The van der Waals surface area contributed by atoms with E-state index in [9.17, 15) is 8.42 Å². The van der Waals surface area contributed by atoms with Crippen molar-refractivity contribution in [2.75, 3.05) is 26.8 Å². The lowest BCUT2D eigenvalue weighted by Crippen LogP contribution is -2.30. The molecule has 0 fully saturated rings. The number of ether oxygens (including phenoxy) is 1. The summed E-state index contributed by atoms with van der Waals surface area (Å²) in [6.45, 7) is 3.23. The number of likely N-dealkylation sites (N-methyl/N-ethyl adjacent to an activating group) is 1. The Hall–Kier alpha value is -0.430. The quantitative estimate of drug-likeness (QED) is 0.754. The van der Waals surface area contributed by atoms with Crippen LogP contribution in [0.25, 0.3) is 0 Å². The van der Waals surface area contributed by atoms with Crippen LogP contribution in [-0.2, 0) is 14.8 Å². The third-order valence-electron chi connectivity index (χ3n) is 2.28. The van der Waals surface area contributed by atoms with E-state index < -0.39 is 10.0 Å². The highest BCUT2D eigenvalue weighted by Crippen LogP contribution is 2.17. The highest BCUT2D eigenvalue weighted by Gasteiger charge is 2.19. The van der Waals surface area contributed by atoms with Crippen molar-refractivity contribution in [3.8, 4) is 0 Å². The normalized spacial score (nSPS) is 12.0. The van der Waals surface area contributed by atoms with E-state index in [4.69, 9.17) is 4.74 Å². The molecule has 0 aliphatic rings. The molecule has 0 atom stereocenters. The molecule has 0 radical (unpaired) electrons. The van der Waals surface area contributed by atoms with E-state index in [1.54, 1.807) is 31.3 Å². The number of nitrogens with zero attached hydrogens (tertiary/aromatic N) is 1. The Bertz CT molecular complexity index is 444. The van der Waals surface area contributed by atoms with Gasteiger partial charge in [0.1, 0.15) is 0 Å². The monoisotopic (exact) mass is 321 g/mol. The summed E-state index contributed by atoms with van der Waals surface area (Å²) in [6.07, 6.45) is 0. The third kappa shape index (κ3) is 4.06. The molecule has 0 aliphatic carbocycles. The lowest BCUT2D eigenvalue weighted by molar-refractivity contribution is 0.138. The first-order chi connectivity index (χ1) is 7.98. The molecular weight excluding hydrogens is 306 g/mol. The van der Waals surface area contributed by atoms with E-state index in [-0.39, 0.29) is 0 Å². The standard InChI is InChI=1S/C11H16BrNO3S/c1-3-16-9-8-13(2)17(14,15)11-6-4-10(12)5-7-11/h4-7H,3,8-9H2,1-2H3. The van der Waals surface area contributed by atoms with E-state index in [0.717, 1.165) is 4.47 Å². The van der Waals surface area contributed by atoms with E-state index in [1.807, 2.05) is 6.92 Å². The fourth-order valence-electron chi connectivity index (χ4n) is 1.24. The van der Waals surface area contributed by atoms with Gasteiger partial charge in [-0.15, -0.1) is 0 Å². The molecule has 0 spiro atoms. The van der Waals surface area contributed by atoms with Gasteiger partial charge in [-0.25, -0.2) is 8.42 Å². The molecule has 0 N–H and O–H groups in total. The zero-order valence-corrected chi connectivity index (χ0v) is 12.3. The van der Waals surface area contributed by atoms with Gasteiger partial charge in [-0.05, 0) is 31.2 Å². The first kappa shape index (κ1) is 14.6. The number of rotatable bonds is 6. The van der Waals surface area contributed by atoms with Crippen LogP contribution in [0.1, 0.15) is 6.92 Å². The van der Waals surface area contributed by atoms with Crippen LogP contribution in [0.3, 0.4) is 0 Å². The summed E-state index contributed by atoms with van der Waals surface area (Å²) in [5.41, 5.74) is 0. The van der Waals surface area contributed by atoms with Crippen LogP contribution in [-0.4, -0.2) is 39.5 Å². The molecule has 0 aliphatic heterocycles. The molecule has 17 heavy (non-hydrogen) atoms. The van der Waals surface area contributed by atoms with Crippen LogP contribution in [0.15, 0.2) is 33.6 Å². The van der Waals surface area contributed by atoms with E-state index in [2.05, 4.69) is 15.9 Å². The molecule has 0 saturated carbocycles. The molecule has 0 aromatic heterocycles. The first-order valence-electron chi connectivity index (χ1n) is 5.28. The fourth-order valence-corrected chi connectivity index (χ4v) is 2.66. The van der Waals surface area contributed by atoms with Gasteiger partial charge in [0.05, 0.1) is 11.5 Å².